The van der Waals surface area contributed by atoms with E-state index in [0.717, 1.165) is 5.56 Å². The van der Waals surface area contributed by atoms with Gasteiger partial charge in [-0.05, 0) is 66.3 Å². The Morgan fingerprint density at radius 3 is 2.33 bits per heavy atom. The lowest BCUT2D eigenvalue weighted by molar-refractivity contribution is -0.124. The zero-order valence-electron chi connectivity index (χ0n) is 17.9. The number of anilines is 2. The minimum Gasteiger partial charge on any atom is -0.497 e. The quantitative estimate of drug-likeness (QED) is 0.528. The molecule has 0 spiro atoms. The van der Waals surface area contributed by atoms with E-state index in [2.05, 4.69) is 5.32 Å². The molecule has 8 heteroatoms. The van der Waals surface area contributed by atoms with Crippen LogP contribution in [-0.2, 0) is 16.1 Å². The van der Waals surface area contributed by atoms with E-state index in [9.17, 15) is 14.0 Å². The molecule has 33 heavy (non-hydrogen) atoms. The van der Waals surface area contributed by atoms with Crippen LogP contribution in [0.15, 0.2) is 78.9 Å². The molecule has 6 nitrogen and oxygen atoms in total. The molecule has 1 atom stereocenters. The molecule has 0 saturated carbocycles. The molecule has 0 aromatic heterocycles. The standard InChI is InChI=1S/C25H22FN3O3S/c1-32-21-13-7-17(8-14-21)16-28-22(15-23(30)27-19-5-3-2-4-6-19)24(31)29(25(28)33)20-11-9-18(26)10-12-20/h2-14,22H,15-16H2,1H3,(H,27,30)/t22-/m0/s1. The Hall–Kier alpha value is -3.78. The number of ether oxygens (including phenoxy) is 1. The van der Waals surface area contributed by atoms with Crippen molar-refractivity contribution in [3.8, 4) is 5.75 Å². The van der Waals surface area contributed by atoms with Gasteiger partial charge in [0.1, 0.15) is 17.6 Å². The van der Waals surface area contributed by atoms with Crippen LogP contribution in [0.3, 0.4) is 0 Å². The van der Waals surface area contributed by atoms with Crippen LogP contribution in [0.25, 0.3) is 0 Å². The van der Waals surface area contributed by atoms with E-state index in [0.29, 0.717) is 23.7 Å². The topological polar surface area (TPSA) is 61.9 Å². The van der Waals surface area contributed by atoms with E-state index in [1.165, 1.54) is 29.2 Å². The molecule has 1 aliphatic heterocycles. The monoisotopic (exact) mass is 463 g/mol. The highest BCUT2D eigenvalue weighted by Gasteiger charge is 2.44. The molecule has 1 fully saturated rings. The van der Waals surface area contributed by atoms with Crippen LogP contribution in [0.5, 0.6) is 5.75 Å². The second-order valence-electron chi connectivity index (χ2n) is 7.54. The SMILES string of the molecule is COc1ccc(CN2C(=S)N(c3ccc(F)cc3)C(=O)[C@@H]2CC(=O)Nc2ccccc2)cc1. The normalized spacial score (nSPS) is 15.6. The molecule has 2 amide bonds. The van der Waals surface area contributed by atoms with Crippen molar-refractivity contribution in [1.29, 1.82) is 0 Å². The zero-order chi connectivity index (χ0) is 23.4. The number of para-hydroxylation sites is 1. The molecule has 0 aliphatic carbocycles. The van der Waals surface area contributed by atoms with Gasteiger partial charge in [-0.25, -0.2) is 4.39 Å². The maximum atomic E-state index is 13.4. The van der Waals surface area contributed by atoms with Crippen molar-refractivity contribution in [2.24, 2.45) is 0 Å². The fraction of sp³-hybridized carbons (Fsp3) is 0.160. The third-order valence-corrected chi connectivity index (χ3v) is 5.77. The molecule has 0 unspecified atom stereocenters. The lowest BCUT2D eigenvalue weighted by Gasteiger charge is -2.24. The van der Waals surface area contributed by atoms with E-state index < -0.39 is 11.9 Å². The number of rotatable bonds is 7. The first-order valence-electron chi connectivity index (χ1n) is 10.3. The summed E-state index contributed by atoms with van der Waals surface area (Å²) in [6, 6.07) is 21.2. The first kappa shape index (κ1) is 22.4. The fourth-order valence-electron chi connectivity index (χ4n) is 3.68. The Balaban J connectivity index is 1.60. The summed E-state index contributed by atoms with van der Waals surface area (Å²) in [5.41, 5.74) is 2.00. The summed E-state index contributed by atoms with van der Waals surface area (Å²) in [6.45, 7) is 0.329. The largest absolute Gasteiger partial charge is 0.497 e. The van der Waals surface area contributed by atoms with Gasteiger partial charge in [0.05, 0.1) is 19.2 Å². The summed E-state index contributed by atoms with van der Waals surface area (Å²) in [4.78, 5) is 29.3. The second-order valence-corrected chi connectivity index (χ2v) is 7.91. The Morgan fingerprint density at radius 2 is 1.70 bits per heavy atom. The van der Waals surface area contributed by atoms with Gasteiger partial charge in [0.25, 0.3) is 5.91 Å². The molecule has 4 rings (SSSR count). The predicted octanol–water partition coefficient (Wildman–Crippen LogP) is 4.37. The smallest absolute Gasteiger partial charge is 0.256 e. The van der Waals surface area contributed by atoms with Crippen LogP contribution < -0.4 is 15.0 Å². The van der Waals surface area contributed by atoms with Gasteiger partial charge in [-0.3, -0.25) is 14.5 Å². The molecule has 0 bridgehead atoms. The minimum atomic E-state index is -0.798. The van der Waals surface area contributed by atoms with Gasteiger partial charge >= 0.3 is 0 Å². The Morgan fingerprint density at radius 1 is 1.03 bits per heavy atom. The molecule has 1 saturated heterocycles. The van der Waals surface area contributed by atoms with Crippen LogP contribution in [0.4, 0.5) is 15.8 Å². The highest BCUT2D eigenvalue weighted by atomic mass is 32.1. The number of nitrogens with one attached hydrogen (secondary N) is 1. The third kappa shape index (κ3) is 5.01. The van der Waals surface area contributed by atoms with Crippen molar-refractivity contribution in [2.75, 3.05) is 17.3 Å². The van der Waals surface area contributed by atoms with Gasteiger partial charge in [-0.1, -0.05) is 30.3 Å². The van der Waals surface area contributed by atoms with Crippen LogP contribution in [0.2, 0.25) is 0 Å². The summed E-state index contributed by atoms with van der Waals surface area (Å²) in [5, 5.41) is 3.08. The first-order chi connectivity index (χ1) is 16.0. The van der Waals surface area contributed by atoms with E-state index in [1.807, 2.05) is 42.5 Å². The Bertz CT molecular complexity index is 1150. The van der Waals surface area contributed by atoms with Gasteiger partial charge in [0, 0.05) is 12.2 Å². The molecule has 0 radical (unpaired) electrons. The second kappa shape index (κ2) is 9.79. The van der Waals surface area contributed by atoms with E-state index in [4.69, 9.17) is 17.0 Å². The molecular formula is C25H22FN3O3S. The molecule has 1 aliphatic rings. The van der Waals surface area contributed by atoms with Gasteiger partial charge < -0.3 is 15.0 Å². The average molecular weight is 464 g/mol. The number of hydrogen-bond acceptors (Lipinski definition) is 4. The number of hydrogen-bond donors (Lipinski definition) is 1. The number of amides is 2. The van der Waals surface area contributed by atoms with Crippen LogP contribution >= 0.6 is 12.2 Å². The number of carbonyl (C=O) groups is 2. The van der Waals surface area contributed by atoms with Crippen molar-refractivity contribution in [3.63, 3.8) is 0 Å². The first-order valence-corrected chi connectivity index (χ1v) is 10.7. The third-order valence-electron chi connectivity index (χ3n) is 5.35. The van der Waals surface area contributed by atoms with E-state index >= 15 is 0 Å². The number of benzene rings is 3. The van der Waals surface area contributed by atoms with Crippen molar-refractivity contribution < 1.29 is 18.7 Å². The van der Waals surface area contributed by atoms with Crippen molar-refractivity contribution in [1.82, 2.24) is 4.90 Å². The summed E-state index contributed by atoms with van der Waals surface area (Å²) in [6.07, 6.45) is -0.0816. The van der Waals surface area contributed by atoms with Gasteiger partial charge in [0.15, 0.2) is 5.11 Å². The van der Waals surface area contributed by atoms with E-state index in [1.54, 1.807) is 24.1 Å². The number of thiocarbonyl (C=S) groups is 1. The highest BCUT2D eigenvalue weighted by Crippen LogP contribution is 2.29. The molecule has 1 N–H and O–H groups in total. The lowest BCUT2D eigenvalue weighted by Crippen LogP contribution is -2.37. The highest BCUT2D eigenvalue weighted by molar-refractivity contribution is 7.80. The molecule has 3 aromatic rings. The zero-order valence-corrected chi connectivity index (χ0v) is 18.7. The Labute approximate surface area is 196 Å². The summed E-state index contributed by atoms with van der Waals surface area (Å²) < 4.78 is 18.6. The van der Waals surface area contributed by atoms with Crippen LogP contribution in [-0.4, -0.2) is 35.0 Å². The molecule has 3 aromatic carbocycles. The van der Waals surface area contributed by atoms with Gasteiger partial charge in [-0.2, -0.15) is 0 Å². The maximum Gasteiger partial charge on any atom is 0.256 e. The molecule has 1 heterocycles. The fourth-order valence-corrected chi connectivity index (χ4v) is 4.07. The van der Waals surface area contributed by atoms with E-state index in [-0.39, 0.29) is 23.3 Å². The Kier molecular flexibility index (Phi) is 6.65. The number of methoxy groups -OCH3 is 1. The summed E-state index contributed by atoms with van der Waals surface area (Å²) >= 11 is 5.64. The number of carbonyl (C=O) groups excluding carboxylic acids is 2. The predicted molar refractivity (Wildman–Crippen MR) is 128 cm³/mol. The van der Waals surface area contributed by atoms with Crippen LogP contribution in [0.1, 0.15) is 12.0 Å². The minimum absolute atomic E-state index is 0.0816. The van der Waals surface area contributed by atoms with Gasteiger partial charge in [-0.15, -0.1) is 0 Å². The van der Waals surface area contributed by atoms with Crippen molar-refractivity contribution in [3.05, 3.63) is 90.2 Å². The van der Waals surface area contributed by atoms with Gasteiger partial charge in [0.2, 0.25) is 5.91 Å². The lowest BCUT2D eigenvalue weighted by atomic mass is 10.1. The molecule has 168 valence electrons. The maximum absolute atomic E-state index is 13.4. The number of nitrogens with zero attached hydrogens (tertiary/aromatic N) is 2. The molecular weight excluding hydrogens is 441 g/mol. The summed E-state index contributed by atoms with van der Waals surface area (Å²) in [7, 11) is 1.59. The van der Waals surface area contributed by atoms with Crippen LogP contribution in [0, 0.1) is 5.82 Å². The average Bonchev–Trinajstić information content (AvgIpc) is 3.05. The van der Waals surface area contributed by atoms with Crippen molar-refractivity contribution >= 4 is 40.5 Å². The summed E-state index contributed by atoms with van der Waals surface area (Å²) in [5.74, 6) is -0.331. The van der Waals surface area contributed by atoms with Crippen molar-refractivity contribution in [2.45, 2.75) is 19.0 Å². The number of halogens is 1.